The van der Waals surface area contributed by atoms with Crippen LogP contribution >= 0.6 is 11.6 Å². The van der Waals surface area contributed by atoms with Crippen molar-refractivity contribution in [3.8, 4) is 0 Å². The standard InChI is InChI=1S/C14H18BClN2O2/c1-8-6-9-11(16)10(7-17-12(9)18-8)15-19-13(2,3)14(4,5)20-15/h6-7H,1-5H3,(H,17,18). The van der Waals surface area contributed by atoms with E-state index in [2.05, 4.69) is 9.97 Å². The van der Waals surface area contributed by atoms with Gasteiger partial charge >= 0.3 is 7.12 Å². The van der Waals surface area contributed by atoms with E-state index in [1.807, 2.05) is 40.7 Å². The molecule has 1 saturated heterocycles. The van der Waals surface area contributed by atoms with Gasteiger partial charge in [0.05, 0.1) is 16.2 Å². The Morgan fingerprint density at radius 1 is 1.20 bits per heavy atom. The van der Waals surface area contributed by atoms with Crippen LogP contribution < -0.4 is 5.46 Å². The van der Waals surface area contributed by atoms with Gasteiger partial charge in [-0.2, -0.15) is 0 Å². The molecule has 3 rings (SSSR count). The molecule has 0 amide bonds. The Morgan fingerprint density at radius 2 is 1.80 bits per heavy atom. The van der Waals surface area contributed by atoms with Gasteiger partial charge in [-0.15, -0.1) is 0 Å². The Balaban J connectivity index is 2.06. The molecule has 0 aromatic carbocycles. The average molecular weight is 293 g/mol. The van der Waals surface area contributed by atoms with E-state index in [0.29, 0.717) is 5.02 Å². The second-order valence-electron chi connectivity index (χ2n) is 6.33. The lowest BCUT2D eigenvalue weighted by molar-refractivity contribution is 0.00578. The van der Waals surface area contributed by atoms with Crippen LogP contribution in [0.15, 0.2) is 12.3 Å². The molecule has 0 saturated carbocycles. The first kappa shape index (κ1) is 13.9. The molecule has 0 unspecified atom stereocenters. The molecule has 6 heteroatoms. The Labute approximate surface area is 124 Å². The topological polar surface area (TPSA) is 47.1 Å². The first-order chi connectivity index (χ1) is 9.21. The summed E-state index contributed by atoms with van der Waals surface area (Å²) in [7, 11) is -0.486. The summed E-state index contributed by atoms with van der Waals surface area (Å²) >= 11 is 6.50. The maximum atomic E-state index is 6.50. The third-order valence-electron chi connectivity index (χ3n) is 4.26. The van der Waals surface area contributed by atoms with Crippen molar-refractivity contribution in [1.82, 2.24) is 9.97 Å². The minimum atomic E-state index is -0.486. The van der Waals surface area contributed by atoms with Gasteiger partial charge in [0.15, 0.2) is 0 Å². The zero-order valence-corrected chi connectivity index (χ0v) is 13.1. The van der Waals surface area contributed by atoms with E-state index in [-0.39, 0.29) is 11.2 Å². The van der Waals surface area contributed by atoms with Crippen molar-refractivity contribution in [2.45, 2.75) is 45.8 Å². The van der Waals surface area contributed by atoms with Gasteiger partial charge in [-0.3, -0.25) is 0 Å². The quantitative estimate of drug-likeness (QED) is 0.822. The van der Waals surface area contributed by atoms with Crippen LogP contribution in [0.3, 0.4) is 0 Å². The number of aryl methyl sites for hydroxylation is 1. The van der Waals surface area contributed by atoms with Crippen LogP contribution in [0.25, 0.3) is 11.0 Å². The van der Waals surface area contributed by atoms with E-state index in [4.69, 9.17) is 20.9 Å². The highest BCUT2D eigenvalue weighted by atomic mass is 35.5. The zero-order valence-electron chi connectivity index (χ0n) is 12.4. The number of pyridine rings is 1. The van der Waals surface area contributed by atoms with Crippen molar-refractivity contribution in [3.63, 3.8) is 0 Å². The molecule has 106 valence electrons. The number of aromatic nitrogens is 2. The summed E-state index contributed by atoms with van der Waals surface area (Å²) in [5.41, 5.74) is 1.82. The fourth-order valence-electron chi connectivity index (χ4n) is 2.32. The number of H-pyrrole nitrogens is 1. The van der Waals surface area contributed by atoms with Gasteiger partial charge in [0.2, 0.25) is 0 Å². The lowest BCUT2D eigenvalue weighted by atomic mass is 9.80. The SMILES string of the molecule is Cc1cc2c(Cl)c(B3OC(C)(C)C(C)(C)O3)cnc2[nH]1. The van der Waals surface area contributed by atoms with E-state index in [1.54, 1.807) is 6.20 Å². The van der Waals surface area contributed by atoms with E-state index in [1.165, 1.54) is 0 Å². The summed E-state index contributed by atoms with van der Waals surface area (Å²) in [6, 6.07) is 1.99. The smallest absolute Gasteiger partial charge is 0.399 e. The van der Waals surface area contributed by atoms with Gasteiger partial charge in [0.1, 0.15) is 5.65 Å². The van der Waals surface area contributed by atoms with Crippen molar-refractivity contribution in [1.29, 1.82) is 0 Å². The number of hydrogen-bond acceptors (Lipinski definition) is 3. The summed E-state index contributed by atoms with van der Waals surface area (Å²) in [6.07, 6.45) is 1.72. The molecule has 0 radical (unpaired) electrons. The summed E-state index contributed by atoms with van der Waals surface area (Å²) in [6.45, 7) is 10.1. The first-order valence-electron chi connectivity index (χ1n) is 6.71. The maximum Gasteiger partial charge on any atom is 0.497 e. The van der Waals surface area contributed by atoms with E-state index < -0.39 is 7.12 Å². The second kappa shape index (κ2) is 4.23. The lowest BCUT2D eigenvalue weighted by Gasteiger charge is -2.32. The number of aromatic amines is 1. The number of nitrogens with zero attached hydrogens (tertiary/aromatic N) is 1. The minimum absolute atomic E-state index is 0.385. The van der Waals surface area contributed by atoms with Gasteiger partial charge < -0.3 is 14.3 Å². The van der Waals surface area contributed by atoms with Gasteiger partial charge in [0.25, 0.3) is 0 Å². The molecule has 0 bridgehead atoms. The molecular weight excluding hydrogens is 274 g/mol. The Hall–Kier alpha value is -1.04. The highest BCUT2D eigenvalue weighted by molar-refractivity contribution is 6.66. The molecular formula is C14H18BClN2O2. The van der Waals surface area contributed by atoms with Crippen LogP contribution in [0.1, 0.15) is 33.4 Å². The Bertz CT molecular complexity index is 665. The molecule has 4 nitrogen and oxygen atoms in total. The van der Waals surface area contributed by atoms with Gasteiger partial charge in [-0.25, -0.2) is 4.98 Å². The van der Waals surface area contributed by atoms with Gasteiger partial charge in [-0.05, 0) is 40.7 Å². The molecule has 1 aliphatic heterocycles. The molecule has 1 fully saturated rings. The van der Waals surface area contributed by atoms with Crippen LogP contribution in [0.5, 0.6) is 0 Å². The fraction of sp³-hybridized carbons (Fsp3) is 0.500. The third-order valence-corrected chi connectivity index (χ3v) is 4.68. The highest BCUT2D eigenvalue weighted by Crippen LogP contribution is 2.37. The number of hydrogen-bond donors (Lipinski definition) is 1. The molecule has 2 aromatic rings. The van der Waals surface area contributed by atoms with Crippen molar-refractivity contribution in [2.75, 3.05) is 0 Å². The molecule has 0 spiro atoms. The number of rotatable bonds is 1. The van der Waals surface area contributed by atoms with Crippen LogP contribution in [0.4, 0.5) is 0 Å². The first-order valence-corrected chi connectivity index (χ1v) is 7.08. The third kappa shape index (κ3) is 1.96. The second-order valence-corrected chi connectivity index (χ2v) is 6.71. The molecule has 0 aliphatic carbocycles. The molecule has 2 aromatic heterocycles. The Morgan fingerprint density at radius 3 is 2.40 bits per heavy atom. The predicted octanol–water partition coefficient (Wildman–Crippen LogP) is 2.82. The zero-order chi connectivity index (χ0) is 14.7. The van der Waals surface area contributed by atoms with Crippen LogP contribution in [0, 0.1) is 6.92 Å². The van der Waals surface area contributed by atoms with Crippen molar-refractivity contribution in [2.24, 2.45) is 0 Å². The van der Waals surface area contributed by atoms with Gasteiger partial charge in [0, 0.05) is 22.7 Å². The molecule has 20 heavy (non-hydrogen) atoms. The number of nitrogens with one attached hydrogen (secondary N) is 1. The maximum absolute atomic E-state index is 6.50. The summed E-state index contributed by atoms with van der Waals surface area (Å²) in [5.74, 6) is 0. The summed E-state index contributed by atoms with van der Waals surface area (Å²) < 4.78 is 12.1. The minimum Gasteiger partial charge on any atom is -0.399 e. The van der Waals surface area contributed by atoms with Crippen LogP contribution in [-0.4, -0.2) is 28.3 Å². The molecule has 1 N–H and O–H groups in total. The molecule has 1 aliphatic rings. The fourth-order valence-corrected chi connectivity index (χ4v) is 2.61. The van der Waals surface area contributed by atoms with Crippen LogP contribution in [0.2, 0.25) is 5.02 Å². The lowest BCUT2D eigenvalue weighted by Crippen LogP contribution is -2.41. The monoisotopic (exact) mass is 292 g/mol. The Kier molecular flexibility index (Phi) is 2.94. The van der Waals surface area contributed by atoms with E-state index in [0.717, 1.165) is 22.2 Å². The van der Waals surface area contributed by atoms with E-state index in [9.17, 15) is 0 Å². The van der Waals surface area contributed by atoms with Crippen molar-refractivity contribution in [3.05, 3.63) is 23.0 Å². The van der Waals surface area contributed by atoms with Crippen molar-refractivity contribution < 1.29 is 9.31 Å². The largest absolute Gasteiger partial charge is 0.497 e. The van der Waals surface area contributed by atoms with Crippen LogP contribution in [-0.2, 0) is 9.31 Å². The average Bonchev–Trinajstić information content (AvgIpc) is 2.78. The normalized spacial score (nSPS) is 20.8. The molecule has 0 atom stereocenters. The highest BCUT2D eigenvalue weighted by Gasteiger charge is 2.52. The molecule has 3 heterocycles. The van der Waals surface area contributed by atoms with Gasteiger partial charge in [-0.1, -0.05) is 11.6 Å². The number of fused-ring (bicyclic) bond motifs is 1. The van der Waals surface area contributed by atoms with E-state index >= 15 is 0 Å². The van der Waals surface area contributed by atoms with Crippen molar-refractivity contribution >= 4 is 35.2 Å². The summed E-state index contributed by atoms with van der Waals surface area (Å²) in [5, 5.41) is 1.54. The summed E-state index contributed by atoms with van der Waals surface area (Å²) in [4.78, 5) is 7.58. The number of halogens is 1. The predicted molar refractivity (Wildman–Crippen MR) is 81.6 cm³/mol.